The summed E-state index contributed by atoms with van der Waals surface area (Å²) < 4.78 is 3.70. The molecule has 0 aromatic carbocycles. The van der Waals surface area contributed by atoms with E-state index in [2.05, 4.69) is 41.3 Å². The summed E-state index contributed by atoms with van der Waals surface area (Å²) in [5, 5.41) is 5.61. The highest BCUT2D eigenvalue weighted by Gasteiger charge is 2.16. The van der Waals surface area contributed by atoms with Crippen LogP contribution in [-0.2, 0) is 18.9 Å². The lowest BCUT2D eigenvalue weighted by atomic mass is 10.0. The number of carbonyl (C=O) groups excluding carboxylic acids is 2. The lowest BCUT2D eigenvalue weighted by Gasteiger charge is -2.06. The molecule has 0 aliphatic heterocycles. The van der Waals surface area contributed by atoms with Gasteiger partial charge in [-0.1, -0.05) is 26.7 Å². The van der Waals surface area contributed by atoms with Crippen LogP contribution < -0.4 is 10.6 Å². The molecule has 0 aliphatic rings. The van der Waals surface area contributed by atoms with E-state index in [-0.39, 0.29) is 30.7 Å². The molecule has 0 fully saturated rings. The molecule has 7 heteroatoms. The summed E-state index contributed by atoms with van der Waals surface area (Å²) in [6, 6.07) is 1.92. The SMILES string of the molecule is CCC#CC(C)c1nc(NC(=O)CCNC(=O)c2cc(C(C)CC)cn2C)cn1C. The van der Waals surface area contributed by atoms with Crippen LogP contribution >= 0.6 is 0 Å². The van der Waals surface area contributed by atoms with E-state index in [4.69, 9.17) is 0 Å². The Morgan fingerprint density at radius 3 is 2.57 bits per heavy atom. The van der Waals surface area contributed by atoms with E-state index in [0.29, 0.717) is 17.4 Å². The predicted octanol–water partition coefficient (Wildman–Crippen LogP) is 3.55. The molecular weight excluding hydrogens is 378 g/mol. The van der Waals surface area contributed by atoms with E-state index in [1.165, 1.54) is 0 Å². The molecular formula is C23H33N5O2. The first-order chi connectivity index (χ1) is 14.3. The van der Waals surface area contributed by atoms with E-state index in [1.807, 2.05) is 49.3 Å². The zero-order chi connectivity index (χ0) is 22.3. The van der Waals surface area contributed by atoms with Crippen molar-refractivity contribution in [3.63, 3.8) is 0 Å². The number of carbonyl (C=O) groups is 2. The number of rotatable bonds is 8. The van der Waals surface area contributed by atoms with Crippen molar-refractivity contribution in [3.05, 3.63) is 35.5 Å². The topological polar surface area (TPSA) is 81.0 Å². The molecule has 7 nitrogen and oxygen atoms in total. The molecule has 2 rings (SSSR count). The fourth-order valence-corrected chi connectivity index (χ4v) is 3.17. The van der Waals surface area contributed by atoms with E-state index in [0.717, 1.165) is 24.2 Å². The highest BCUT2D eigenvalue weighted by molar-refractivity contribution is 5.94. The number of nitrogens with zero attached hydrogens (tertiary/aromatic N) is 3. The standard InChI is InChI=1S/C23H33N5O2/c1-7-9-10-17(4)22-26-20(15-28(22)6)25-21(29)11-12-24-23(30)19-13-18(14-27(19)5)16(3)8-2/h13-17H,7-8,11-12H2,1-6H3,(H,24,30)(H,25,29). The maximum atomic E-state index is 12.4. The van der Waals surface area contributed by atoms with E-state index >= 15 is 0 Å². The Morgan fingerprint density at radius 2 is 1.90 bits per heavy atom. The Morgan fingerprint density at radius 1 is 1.17 bits per heavy atom. The van der Waals surface area contributed by atoms with Crippen molar-refractivity contribution >= 4 is 17.6 Å². The highest BCUT2D eigenvalue weighted by atomic mass is 16.2. The maximum absolute atomic E-state index is 12.4. The van der Waals surface area contributed by atoms with Crippen LogP contribution in [0.3, 0.4) is 0 Å². The summed E-state index contributed by atoms with van der Waals surface area (Å²) in [5.74, 6) is 7.52. The Labute approximate surface area is 179 Å². The van der Waals surface area contributed by atoms with Gasteiger partial charge in [-0.2, -0.15) is 0 Å². The smallest absolute Gasteiger partial charge is 0.267 e. The quantitative estimate of drug-likeness (QED) is 0.652. The van der Waals surface area contributed by atoms with Crippen LogP contribution in [-0.4, -0.2) is 32.5 Å². The Kier molecular flexibility index (Phi) is 8.28. The first-order valence-electron chi connectivity index (χ1n) is 10.5. The minimum Gasteiger partial charge on any atom is -0.350 e. The van der Waals surface area contributed by atoms with E-state index < -0.39 is 0 Å². The molecule has 0 bridgehead atoms. The van der Waals surface area contributed by atoms with Crippen LogP contribution in [0, 0.1) is 11.8 Å². The third-order valence-corrected chi connectivity index (χ3v) is 5.14. The number of aryl methyl sites for hydroxylation is 2. The molecule has 0 radical (unpaired) electrons. The van der Waals surface area contributed by atoms with Gasteiger partial charge in [0.1, 0.15) is 11.5 Å². The molecule has 2 N–H and O–H groups in total. The second-order valence-corrected chi connectivity index (χ2v) is 7.62. The van der Waals surface area contributed by atoms with E-state index in [9.17, 15) is 9.59 Å². The van der Waals surface area contributed by atoms with Crippen molar-refractivity contribution in [2.45, 2.75) is 58.8 Å². The fraction of sp³-hybridized carbons (Fsp3) is 0.522. The van der Waals surface area contributed by atoms with Gasteiger partial charge in [0, 0.05) is 45.9 Å². The molecule has 162 valence electrons. The van der Waals surface area contributed by atoms with Gasteiger partial charge in [-0.15, -0.1) is 5.92 Å². The molecule has 0 spiro atoms. The predicted molar refractivity (Wildman–Crippen MR) is 119 cm³/mol. The van der Waals surface area contributed by atoms with Crippen LogP contribution in [0.25, 0.3) is 0 Å². The summed E-state index contributed by atoms with van der Waals surface area (Å²) in [6.07, 6.45) is 5.75. The maximum Gasteiger partial charge on any atom is 0.267 e. The zero-order valence-corrected chi connectivity index (χ0v) is 18.9. The van der Waals surface area contributed by atoms with Crippen molar-refractivity contribution < 1.29 is 9.59 Å². The van der Waals surface area contributed by atoms with Gasteiger partial charge in [0.25, 0.3) is 5.91 Å². The second kappa shape index (κ2) is 10.7. The van der Waals surface area contributed by atoms with Gasteiger partial charge < -0.3 is 19.8 Å². The van der Waals surface area contributed by atoms with Crippen molar-refractivity contribution in [3.8, 4) is 11.8 Å². The van der Waals surface area contributed by atoms with Crippen LogP contribution in [0.2, 0.25) is 0 Å². The molecule has 2 aromatic heterocycles. The molecule has 30 heavy (non-hydrogen) atoms. The van der Waals surface area contributed by atoms with Crippen molar-refractivity contribution in [1.82, 2.24) is 19.4 Å². The molecule has 2 unspecified atom stereocenters. The van der Waals surface area contributed by atoms with Crippen molar-refractivity contribution in [2.75, 3.05) is 11.9 Å². The summed E-state index contributed by atoms with van der Waals surface area (Å²) >= 11 is 0. The van der Waals surface area contributed by atoms with Gasteiger partial charge in [-0.25, -0.2) is 4.98 Å². The number of amides is 2. The highest BCUT2D eigenvalue weighted by Crippen LogP contribution is 2.21. The van der Waals surface area contributed by atoms with Gasteiger partial charge in [0.15, 0.2) is 5.82 Å². The number of aromatic nitrogens is 3. The number of imidazole rings is 1. The third kappa shape index (κ3) is 5.99. The fourth-order valence-electron chi connectivity index (χ4n) is 3.17. The lowest BCUT2D eigenvalue weighted by Crippen LogP contribution is -2.29. The Hall–Kier alpha value is -3.01. The first-order valence-corrected chi connectivity index (χ1v) is 10.5. The largest absolute Gasteiger partial charge is 0.350 e. The molecule has 2 atom stereocenters. The summed E-state index contributed by atoms with van der Waals surface area (Å²) in [6.45, 7) is 8.52. The number of nitrogens with one attached hydrogen (secondary N) is 2. The third-order valence-electron chi connectivity index (χ3n) is 5.14. The summed E-state index contributed by atoms with van der Waals surface area (Å²) in [4.78, 5) is 29.2. The molecule has 2 amide bonds. The lowest BCUT2D eigenvalue weighted by molar-refractivity contribution is -0.116. The van der Waals surface area contributed by atoms with Crippen molar-refractivity contribution in [1.29, 1.82) is 0 Å². The first kappa shape index (κ1) is 23.3. The van der Waals surface area contributed by atoms with Gasteiger partial charge in [-0.3, -0.25) is 9.59 Å². The Balaban J connectivity index is 1.87. The number of hydrogen-bond acceptors (Lipinski definition) is 3. The van der Waals surface area contributed by atoms with Gasteiger partial charge >= 0.3 is 0 Å². The molecule has 0 aliphatic carbocycles. The minimum atomic E-state index is -0.195. The van der Waals surface area contributed by atoms with Gasteiger partial charge in [-0.05, 0) is 30.9 Å². The Bertz CT molecular complexity index is 945. The summed E-state index contributed by atoms with van der Waals surface area (Å²) in [7, 11) is 3.74. The minimum absolute atomic E-state index is 0.00880. The average Bonchev–Trinajstić information content (AvgIpc) is 3.27. The van der Waals surface area contributed by atoms with E-state index in [1.54, 1.807) is 6.20 Å². The molecule has 0 saturated carbocycles. The van der Waals surface area contributed by atoms with Gasteiger partial charge in [0.2, 0.25) is 5.91 Å². The number of anilines is 1. The summed E-state index contributed by atoms with van der Waals surface area (Å²) in [5.41, 5.74) is 1.74. The van der Waals surface area contributed by atoms with Crippen LogP contribution in [0.5, 0.6) is 0 Å². The monoisotopic (exact) mass is 411 g/mol. The van der Waals surface area contributed by atoms with Crippen LogP contribution in [0.15, 0.2) is 18.5 Å². The molecule has 2 aromatic rings. The number of hydrogen-bond donors (Lipinski definition) is 2. The second-order valence-electron chi connectivity index (χ2n) is 7.62. The van der Waals surface area contributed by atoms with Crippen molar-refractivity contribution in [2.24, 2.45) is 14.1 Å². The molecule has 0 saturated heterocycles. The van der Waals surface area contributed by atoms with Crippen LogP contribution in [0.4, 0.5) is 5.82 Å². The van der Waals surface area contributed by atoms with Gasteiger partial charge in [0.05, 0.1) is 5.92 Å². The normalized spacial score (nSPS) is 12.6. The molecule has 2 heterocycles. The zero-order valence-electron chi connectivity index (χ0n) is 18.9. The average molecular weight is 412 g/mol. The van der Waals surface area contributed by atoms with Crippen LogP contribution in [0.1, 0.15) is 80.7 Å².